The Morgan fingerprint density at radius 3 is 2.44 bits per heavy atom. The van der Waals surface area contributed by atoms with E-state index in [1.165, 1.54) is 0 Å². The summed E-state index contributed by atoms with van der Waals surface area (Å²) in [6.07, 6.45) is -3.88. The lowest BCUT2D eigenvalue weighted by Gasteiger charge is -2.42. The molecule has 18 heavy (non-hydrogen) atoms. The normalized spacial score (nSPS) is 32.0. The number of aromatic hydroxyl groups is 1. The summed E-state index contributed by atoms with van der Waals surface area (Å²) in [5, 5.41) is 56.6. The van der Waals surface area contributed by atoms with E-state index in [9.17, 15) is 30.4 Å². The number of carboxylic acid groups (broad SMARTS) is 1. The number of fused-ring (bicyclic) bond motifs is 1. The summed E-state index contributed by atoms with van der Waals surface area (Å²) >= 11 is 0. The van der Waals surface area contributed by atoms with Gasteiger partial charge in [-0.2, -0.15) is 0 Å². The molecule has 3 unspecified atom stereocenters. The molecule has 0 aliphatic carbocycles. The number of carbonyl (C=O) groups is 1. The number of phenolic OH excluding ortho intramolecular Hbond substituents is 1. The van der Waals surface area contributed by atoms with Gasteiger partial charge in [0.25, 0.3) is 5.72 Å². The van der Waals surface area contributed by atoms with Crippen molar-refractivity contribution in [3.05, 3.63) is 29.3 Å². The van der Waals surface area contributed by atoms with Crippen LogP contribution in [0.25, 0.3) is 0 Å². The summed E-state index contributed by atoms with van der Waals surface area (Å²) in [4.78, 5) is 10.9. The Hall–Kier alpha value is -1.71. The van der Waals surface area contributed by atoms with E-state index in [1.54, 1.807) is 0 Å². The van der Waals surface area contributed by atoms with Crippen molar-refractivity contribution >= 4 is 5.97 Å². The van der Waals surface area contributed by atoms with Crippen LogP contribution < -0.4 is 0 Å². The lowest BCUT2D eigenvalue weighted by molar-refractivity contribution is -0.348. The first-order chi connectivity index (χ1) is 8.30. The molecular formula is C10H11NO7. The van der Waals surface area contributed by atoms with E-state index in [0.717, 1.165) is 18.2 Å². The Bertz CT molecular complexity index is 505. The zero-order valence-electron chi connectivity index (χ0n) is 8.93. The van der Waals surface area contributed by atoms with Crippen LogP contribution in [-0.4, -0.2) is 47.5 Å². The van der Waals surface area contributed by atoms with Gasteiger partial charge in [-0.15, -0.1) is 5.06 Å². The molecule has 98 valence electrons. The number of hydroxylamine groups is 2. The Labute approximate surface area is 101 Å². The van der Waals surface area contributed by atoms with Crippen LogP contribution >= 0.6 is 0 Å². The van der Waals surface area contributed by atoms with Gasteiger partial charge in [0, 0.05) is 5.56 Å². The smallest absolute Gasteiger partial charge is 0.356 e. The van der Waals surface area contributed by atoms with Gasteiger partial charge in [-0.3, -0.25) is 0 Å². The van der Waals surface area contributed by atoms with Crippen molar-refractivity contribution in [3.63, 3.8) is 0 Å². The fourth-order valence-electron chi connectivity index (χ4n) is 1.91. The molecular weight excluding hydrogens is 246 g/mol. The maximum atomic E-state index is 10.9. The number of nitrogens with zero attached hydrogens (tertiary/aromatic N) is 1. The number of carboxylic acids is 1. The summed E-state index contributed by atoms with van der Waals surface area (Å²) in [6.45, 7) is 0. The molecule has 1 heterocycles. The minimum Gasteiger partial charge on any atom is -0.508 e. The first kappa shape index (κ1) is 12.7. The lowest BCUT2D eigenvalue weighted by atomic mass is 9.88. The molecule has 8 nitrogen and oxygen atoms in total. The van der Waals surface area contributed by atoms with E-state index < -0.39 is 24.0 Å². The monoisotopic (exact) mass is 257 g/mol. The third kappa shape index (κ3) is 1.48. The summed E-state index contributed by atoms with van der Waals surface area (Å²) in [7, 11) is 0. The minimum atomic E-state index is -3.07. The number of phenols is 1. The molecule has 8 heteroatoms. The first-order valence-electron chi connectivity index (χ1n) is 4.93. The fraction of sp³-hybridized carbons (Fsp3) is 0.300. The lowest BCUT2D eigenvalue weighted by Crippen LogP contribution is -2.61. The van der Waals surface area contributed by atoms with Crippen LogP contribution in [0.15, 0.2) is 18.2 Å². The van der Waals surface area contributed by atoms with Gasteiger partial charge in [-0.25, -0.2) is 4.79 Å². The van der Waals surface area contributed by atoms with Gasteiger partial charge in [0.15, 0.2) is 6.23 Å². The van der Waals surface area contributed by atoms with Crippen LogP contribution in [0.3, 0.4) is 0 Å². The number of aliphatic hydroxyl groups is 3. The highest BCUT2D eigenvalue weighted by Gasteiger charge is 2.56. The van der Waals surface area contributed by atoms with Gasteiger partial charge in [-0.1, -0.05) is 6.07 Å². The molecule has 1 aliphatic heterocycles. The second-order valence-corrected chi connectivity index (χ2v) is 3.97. The molecule has 1 aliphatic rings. The van der Waals surface area contributed by atoms with Crippen LogP contribution in [-0.2, 0) is 4.79 Å². The maximum absolute atomic E-state index is 10.9. The van der Waals surface area contributed by atoms with Gasteiger partial charge < -0.3 is 30.7 Å². The van der Waals surface area contributed by atoms with E-state index >= 15 is 0 Å². The number of aliphatic carboxylic acids is 1. The highest BCUT2D eigenvalue weighted by atomic mass is 16.6. The molecule has 2 rings (SSSR count). The SMILES string of the molecule is O=C(O)C1(O)C(O)c2ccc(O)cc2C(O)N1O. The zero-order valence-corrected chi connectivity index (χ0v) is 8.93. The van der Waals surface area contributed by atoms with Crippen LogP contribution in [0, 0.1) is 0 Å². The number of rotatable bonds is 1. The third-order valence-corrected chi connectivity index (χ3v) is 2.92. The van der Waals surface area contributed by atoms with Crippen LogP contribution in [0.5, 0.6) is 5.75 Å². The summed E-state index contributed by atoms with van der Waals surface area (Å²) in [5.74, 6) is -2.16. The first-order valence-corrected chi connectivity index (χ1v) is 4.93. The van der Waals surface area contributed by atoms with E-state index in [1.807, 2.05) is 0 Å². The molecule has 1 aromatic rings. The van der Waals surface area contributed by atoms with Gasteiger partial charge >= 0.3 is 5.97 Å². The quantitative estimate of drug-likeness (QED) is 0.372. The zero-order chi connectivity index (χ0) is 13.7. The van der Waals surface area contributed by atoms with E-state index in [4.69, 9.17) is 5.11 Å². The number of hydrogen-bond acceptors (Lipinski definition) is 7. The highest BCUT2D eigenvalue weighted by molar-refractivity contribution is 5.78. The van der Waals surface area contributed by atoms with Gasteiger partial charge in [-0.05, 0) is 17.7 Å². The average Bonchev–Trinajstić information content (AvgIpc) is 2.33. The van der Waals surface area contributed by atoms with Crippen LogP contribution in [0.4, 0.5) is 0 Å². The maximum Gasteiger partial charge on any atom is 0.356 e. The molecule has 6 N–H and O–H groups in total. The number of benzene rings is 1. The summed E-state index contributed by atoms with van der Waals surface area (Å²) in [6, 6.07) is 3.36. The topological polar surface area (TPSA) is 142 Å². The summed E-state index contributed by atoms with van der Waals surface area (Å²) < 4.78 is 0. The van der Waals surface area contributed by atoms with Crippen molar-refractivity contribution in [2.75, 3.05) is 0 Å². The Morgan fingerprint density at radius 1 is 1.28 bits per heavy atom. The van der Waals surface area contributed by atoms with Gasteiger partial charge in [0.05, 0.1) is 0 Å². The molecule has 1 aromatic carbocycles. The van der Waals surface area contributed by atoms with Gasteiger partial charge in [0.1, 0.15) is 11.9 Å². The Morgan fingerprint density at radius 2 is 1.89 bits per heavy atom. The molecule has 0 radical (unpaired) electrons. The van der Waals surface area contributed by atoms with Crippen LogP contribution in [0.1, 0.15) is 23.5 Å². The highest BCUT2D eigenvalue weighted by Crippen LogP contribution is 2.42. The number of aliphatic hydroxyl groups excluding tert-OH is 2. The molecule has 0 fully saturated rings. The standard InChI is InChI=1S/C10H11NO7/c12-4-1-2-5-6(3-4)8(14)11(18)10(17,7(5)13)9(15)16/h1-3,7-8,12-14,17-18H,(H,15,16). The third-order valence-electron chi connectivity index (χ3n) is 2.92. The predicted molar refractivity (Wildman–Crippen MR) is 54.2 cm³/mol. The van der Waals surface area contributed by atoms with E-state index in [-0.39, 0.29) is 21.9 Å². The molecule has 0 bridgehead atoms. The van der Waals surface area contributed by atoms with Crippen molar-refractivity contribution < 1.29 is 35.5 Å². The Kier molecular flexibility index (Phi) is 2.76. The largest absolute Gasteiger partial charge is 0.508 e. The molecule has 0 spiro atoms. The van der Waals surface area contributed by atoms with Crippen molar-refractivity contribution in [2.45, 2.75) is 18.1 Å². The molecule has 0 amide bonds. The van der Waals surface area contributed by atoms with Crippen LogP contribution in [0.2, 0.25) is 0 Å². The minimum absolute atomic E-state index is 0.101. The van der Waals surface area contributed by atoms with Crippen molar-refractivity contribution in [3.8, 4) is 5.75 Å². The predicted octanol–water partition coefficient (Wildman–Crippen LogP) is -1.11. The molecule has 3 atom stereocenters. The molecule has 0 saturated carbocycles. The molecule has 0 aromatic heterocycles. The van der Waals surface area contributed by atoms with E-state index in [2.05, 4.69) is 0 Å². The number of hydrogen-bond donors (Lipinski definition) is 6. The Balaban J connectivity index is 2.64. The van der Waals surface area contributed by atoms with Crippen molar-refractivity contribution in [1.29, 1.82) is 0 Å². The molecule has 0 saturated heterocycles. The van der Waals surface area contributed by atoms with E-state index in [0.29, 0.717) is 0 Å². The van der Waals surface area contributed by atoms with Gasteiger partial charge in [0.2, 0.25) is 0 Å². The summed E-state index contributed by atoms with van der Waals surface area (Å²) in [5.41, 5.74) is -3.27. The second-order valence-electron chi connectivity index (χ2n) is 3.97. The van der Waals surface area contributed by atoms with Crippen molar-refractivity contribution in [1.82, 2.24) is 5.06 Å². The second kappa shape index (κ2) is 3.90. The fourth-order valence-corrected chi connectivity index (χ4v) is 1.91. The average molecular weight is 257 g/mol. The van der Waals surface area contributed by atoms with Crippen molar-refractivity contribution in [2.24, 2.45) is 0 Å².